The molecule has 6 nitrogen and oxygen atoms in total. The molecule has 0 aliphatic carbocycles. The van der Waals surface area contributed by atoms with Crippen LogP contribution in [0.5, 0.6) is 11.5 Å². The van der Waals surface area contributed by atoms with E-state index in [9.17, 15) is 22.4 Å². The summed E-state index contributed by atoms with van der Waals surface area (Å²) < 4.78 is 68.0. The fourth-order valence-electron chi connectivity index (χ4n) is 5.28. The van der Waals surface area contributed by atoms with Gasteiger partial charge in [0.25, 0.3) is 5.91 Å². The number of carbonyl (C=O) groups excluding carboxylic acids is 1. The summed E-state index contributed by atoms with van der Waals surface area (Å²) in [5.41, 5.74) is 2.32. The summed E-state index contributed by atoms with van der Waals surface area (Å²) in [5.74, 6) is -3.51. The normalized spacial score (nSPS) is 18.0. The average Bonchev–Trinajstić information content (AvgIpc) is 3.72. The van der Waals surface area contributed by atoms with Crippen LogP contribution in [-0.4, -0.2) is 44.3 Å². The summed E-state index contributed by atoms with van der Waals surface area (Å²) in [6.07, 6.45) is 1.41. The van der Waals surface area contributed by atoms with Crippen LogP contribution in [0.2, 0.25) is 0 Å². The number of amides is 1. The summed E-state index contributed by atoms with van der Waals surface area (Å²) in [6.45, 7) is 2.93. The fraction of sp³-hybridized carbons (Fsp3) is 0.242. The Morgan fingerprint density at radius 3 is 1.70 bits per heavy atom. The minimum atomic E-state index is -1.01. The first-order valence-corrected chi connectivity index (χ1v) is 14.1. The second-order valence-corrected chi connectivity index (χ2v) is 10.6. The van der Waals surface area contributed by atoms with Crippen LogP contribution in [0.4, 0.5) is 23.2 Å². The highest BCUT2D eigenvalue weighted by molar-refractivity contribution is 6.05. The average molecular weight is 592 g/mol. The van der Waals surface area contributed by atoms with E-state index in [0.717, 1.165) is 50.2 Å². The van der Waals surface area contributed by atoms with Crippen LogP contribution >= 0.6 is 0 Å². The van der Waals surface area contributed by atoms with E-state index < -0.39 is 29.2 Å². The number of carbonyl (C=O) groups is 1. The fourth-order valence-corrected chi connectivity index (χ4v) is 5.28. The van der Waals surface area contributed by atoms with Gasteiger partial charge in [-0.3, -0.25) is 4.79 Å². The Morgan fingerprint density at radius 2 is 1.19 bits per heavy atom. The molecule has 2 atom stereocenters. The van der Waals surface area contributed by atoms with Crippen molar-refractivity contribution in [2.24, 2.45) is 0 Å². The monoisotopic (exact) mass is 591 g/mol. The van der Waals surface area contributed by atoms with E-state index in [0.29, 0.717) is 52.5 Å². The lowest BCUT2D eigenvalue weighted by molar-refractivity contribution is 0.102. The predicted molar refractivity (Wildman–Crippen MR) is 155 cm³/mol. The maximum absolute atomic E-state index is 14.2. The number of nitrogens with one attached hydrogen (secondary N) is 3. The van der Waals surface area contributed by atoms with Gasteiger partial charge in [-0.1, -0.05) is 12.1 Å². The Labute approximate surface area is 246 Å². The first-order valence-electron chi connectivity index (χ1n) is 14.1. The van der Waals surface area contributed by atoms with Crippen LogP contribution in [0.15, 0.2) is 72.8 Å². The van der Waals surface area contributed by atoms with E-state index in [1.54, 1.807) is 36.4 Å². The van der Waals surface area contributed by atoms with Gasteiger partial charge in [0.1, 0.15) is 23.7 Å². The lowest BCUT2D eigenvalue weighted by Gasteiger charge is -2.19. The number of anilines is 1. The first kappa shape index (κ1) is 28.7. The number of benzene rings is 4. The Hall–Kier alpha value is -4.41. The molecule has 3 N–H and O–H groups in total. The maximum atomic E-state index is 14.2. The van der Waals surface area contributed by atoms with Gasteiger partial charge in [0.15, 0.2) is 23.3 Å². The van der Waals surface area contributed by atoms with E-state index in [2.05, 4.69) is 16.0 Å². The third kappa shape index (κ3) is 6.50. The van der Waals surface area contributed by atoms with Crippen molar-refractivity contribution in [2.45, 2.75) is 25.0 Å². The summed E-state index contributed by atoms with van der Waals surface area (Å²) in [4.78, 5) is 13.4. The minimum absolute atomic E-state index is 0.0834. The second kappa shape index (κ2) is 12.4. The highest BCUT2D eigenvalue weighted by Crippen LogP contribution is 2.36. The minimum Gasteiger partial charge on any atom is -0.488 e. The Kier molecular flexibility index (Phi) is 8.31. The summed E-state index contributed by atoms with van der Waals surface area (Å²) in [7, 11) is 0. The van der Waals surface area contributed by atoms with E-state index in [4.69, 9.17) is 9.47 Å². The number of rotatable bonds is 8. The van der Waals surface area contributed by atoms with Crippen molar-refractivity contribution in [1.82, 2.24) is 10.6 Å². The van der Waals surface area contributed by atoms with E-state index in [1.165, 1.54) is 12.1 Å². The zero-order valence-corrected chi connectivity index (χ0v) is 23.1. The third-order valence-electron chi connectivity index (χ3n) is 7.56. The first-order chi connectivity index (χ1) is 20.8. The predicted octanol–water partition coefficient (Wildman–Crippen LogP) is 6.31. The summed E-state index contributed by atoms with van der Waals surface area (Å²) >= 11 is 0. The van der Waals surface area contributed by atoms with Gasteiger partial charge in [0.05, 0.1) is 0 Å². The van der Waals surface area contributed by atoms with Crippen LogP contribution in [0.3, 0.4) is 0 Å². The quantitative estimate of drug-likeness (QED) is 0.210. The molecule has 6 rings (SSSR count). The molecular formula is C33H29F4N3O3. The molecule has 2 saturated heterocycles. The van der Waals surface area contributed by atoms with Gasteiger partial charge < -0.3 is 25.4 Å². The largest absolute Gasteiger partial charge is 0.488 e. The van der Waals surface area contributed by atoms with Gasteiger partial charge in [0, 0.05) is 35.5 Å². The van der Waals surface area contributed by atoms with Crippen molar-refractivity contribution < 1.29 is 31.8 Å². The van der Waals surface area contributed by atoms with Gasteiger partial charge in [-0.2, -0.15) is 0 Å². The van der Waals surface area contributed by atoms with E-state index in [1.807, 2.05) is 0 Å². The molecule has 4 aromatic carbocycles. The molecule has 10 heteroatoms. The van der Waals surface area contributed by atoms with E-state index >= 15 is 0 Å². The van der Waals surface area contributed by atoms with Gasteiger partial charge in [-0.15, -0.1) is 0 Å². The van der Waals surface area contributed by atoms with Crippen molar-refractivity contribution in [1.29, 1.82) is 0 Å². The SMILES string of the molecule is O=C(Nc1ccc(O[C@H]2CCNC2)c(-c2ccc(F)c(F)c2)c1)c1ccc(O[C@H]2CCNC2)c(-c2ccc(F)c(F)c2)c1. The molecule has 0 bridgehead atoms. The highest BCUT2D eigenvalue weighted by atomic mass is 19.2. The molecule has 0 aromatic heterocycles. The molecule has 0 unspecified atom stereocenters. The van der Waals surface area contributed by atoms with E-state index in [-0.39, 0.29) is 17.8 Å². The van der Waals surface area contributed by atoms with Gasteiger partial charge in [-0.05, 0) is 97.7 Å². The molecule has 4 aromatic rings. The lowest BCUT2D eigenvalue weighted by atomic mass is 10.0. The molecule has 43 heavy (non-hydrogen) atoms. The molecule has 0 spiro atoms. The van der Waals surface area contributed by atoms with Crippen LogP contribution < -0.4 is 25.4 Å². The molecule has 0 saturated carbocycles. The summed E-state index contributed by atoms with van der Waals surface area (Å²) in [5, 5.41) is 9.30. The molecule has 2 heterocycles. The van der Waals surface area contributed by atoms with Crippen molar-refractivity contribution in [2.75, 3.05) is 31.5 Å². The number of hydrogen-bond donors (Lipinski definition) is 3. The van der Waals surface area contributed by atoms with Gasteiger partial charge >= 0.3 is 0 Å². The van der Waals surface area contributed by atoms with Gasteiger partial charge in [0.2, 0.25) is 0 Å². The Balaban J connectivity index is 1.31. The Bertz CT molecular complexity index is 1650. The van der Waals surface area contributed by atoms with Gasteiger partial charge in [-0.25, -0.2) is 17.6 Å². The molecule has 2 aliphatic rings. The van der Waals surface area contributed by atoms with Crippen LogP contribution in [0, 0.1) is 23.3 Å². The Morgan fingerprint density at radius 1 is 0.651 bits per heavy atom. The van der Waals surface area contributed by atoms with Crippen LogP contribution in [0.1, 0.15) is 23.2 Å². The second-order valence-electron chi connectivity index (χ2n) is 10.6. The molecule has 222 valence electrons. The maximum Gasteiger partial charge on any atom is 0.255 e. The number of hydrogen-bond acceptors (Lipinski definition) is 5. The van der Waals surface area contributed by atoms with Crippen molar-refractivity contribution in [3.05, 3.63) is 102 Å². The highest BCUT2D eigenvalue weighted by Gasteiger charge is 2.22. The molecule has 0 radical (unpaired) electrons. The zero-order valence-electron chi connectivity index (χ0n) is 23.1. The topological polar surface area (TPSA) is 71.6 Å². The third-order valence-corrected chi connectivity index (χ3v) is 7.56. The van der Waals surface area contributed by atoms with Crippen molar-refractivity contribution in [3.63, 3.8) is 0 Å². The smallest absolute Gasteiger partial charge is 0.255 e. The molecule has 2 aliphatic heterocycles. The lowest BCUT2D eigenvalue weighted by Crippen LogP contribution is -2.20. The summed E-state index contributed by atoms with van der Waals surface area (Å²) in [6, 6.07) is 16.9. The number of ether oxygens (including phenoxy) is 2. The molecule has 1 amide bonds. The standard InChI is InChI=1S/C33H29F4N3O3/c34-27-5-1-19(14-29(27)36)25-13-21(3-7-31(25)42-23-9-11-38-17-23)33(41)40-22-4-8-32(43-24-10-12-39-18-24)26(16-22)20-2-6-28(35)30(37)15-20/h1-8,13-16,23-24,38-39H,9-12,17-18H2,(H,40,41)/t23-,24-/m0/s1. The molecular weight excluding hydrogens is 562 g/mol. The van der Waals surface area contributed by atoms with Crippen LogP contribution in [-0.2, 0) is 0 Å². The van der Waals surface area contributed by atoms with Crippen molar-refractivity contribution in [3.8, 4) is 33.8 Å². The number of halogens is 4. The van der Waals surface area contributed by atoms with Crippen molar-refractivity contribution >= 4 is 11.6 Å². The molecule has 2 fully saturated rings. The van der Waals surface area contributed by atoms with Crippen LogP contribution in [0.25, 0.3) is 22.3 Å². The zero-order chi connectivity index (χ0) is 29.9.